The van der Waals surface area contributed by atoms with Crippen LogP contribution in [0, 0.1) is 5.92 Å². The Morgan fingerprint density at radius 1 is 1.21 bits per heavy atom. The Hall–Kier alpha value is -2.13. The van der Waals surface area contributed by atoms with E-state index in [9.17, 15) is 18.0 Å². The Morgan fingerprint density at radius 3 is 2.46 bits per heavy atom. The Kier molecular flexibility index (Phi) is 5.95. The second-order valence-corrected chi connectivity index (χ2v) is 9.32. The van der Waals surface area contributed by atoms with Gasteiger partial charge in [-0.25, -0.2) is 18.0 Å². The number of cyclic esters (lactones) is 1. The summed E-state index contributed by atoms with van der Waals surface area (Å²) in [6.45, 7) is 5.02. The van der Waals surface area contributed by atoms with Crippen LogP contribution in [-0.4, -0.2) is 68.6 Å². The number of amides is 1. The fourth-order valence-corrected chi connectivity index (χ4v) is 5.50. The number of ether oxygens (including phenoxy) is 2. The average Bonchev–Trinajstić information content (AvgIpc) is 3.09. The van der Waals surface area contributed by atoms with Gasteiger partial charge in [0.15, 0.2) is 0 Å². The first-order chi connectivity index (χ1) is 13.3. The largest absolute Gasteiger partial charge is 0.465 e. The molecule has 2 aliphatic heterocycles. The zero-order valence-electron chi connectivity index (χ0n) is 16.3. The highest BCUT2D eigenvalue weighted by Crippen LogP contribution is 2.30. The van der Waals surface area contributed by atoms with Gasteiger partial charge >= 0.3 is 12.1 Å². The quantitative estimate of drug-likeness (QED) is 0.690. The maximum absolute atomic E-state index is 13.1. The van der Waals surface area contributed by atoms with Crippen LogP contribution in [0.15, 0.2) is 29.2 Å². The molecule has 2 fully saturated rings. The topological polar surface area (TPSA) is 93.2 Å². The number of nitrogens with zero attached hydrogens (tertiary/aromatic N) is 2. The Balaban J connectivity index is 1.76. The van der Waals surface area contributed by atoms with Gasteiger partial charge in [-0.1, -0.05) is 26.0 Å². The molecule has 2 heterocycles. The van der Waals surface area contributed by atoms with E-state index in [4.69, 9.17) is 9.47 Å². The molecule has 1 atom stereocenters. The number of hydrogen-bond acceptors (Lipinski definition) is 6. The van der Waals surface area contributed by atoms with Gasteiger partial charge in [-0.2, -0.15) is 4.31 Å². The Morgan fingerprint density at radius 2 is 1.86 bits per heavy atom. The molecule has 0 spiro atoms. The lowest BCUT2D eigenvalue weighted by atomic mass is 9.98. The minimum Gasteiger partial charge on any atom is -0.465 e. The summed E-state index contributed by atoms with van der Waals surface area (Å²) in [5.41, 5.74) is 0.0233. The number of methoxy groups -OCH3 is 1. The van der Waals surface area contributed by atoms with Crippen LogP contribution in [0.2, 0.25) is 0 Å². The number of hydrogen-bond donors (Lipinski definition) is 0. The van der Waals surface area contributed by atoms with Crippen LogP contribution < -0.4 is 0 Å². The molecule has 1 unspecified atom stereocenters. The number of sulfonamides is 1. The van der Waals surface area contributed by atoms with E-state index in [1.165, 1.54) is 23.5 Å². The van der Waals surface area contributed by atoms with E-state index in [0.717, 1.165) is 0 Å². The smallest absolute Gasteiger partial charge is 0.410 e. The first-order valence-electron chi connectivity index (χ1n) is 9.40. The number of rotatable bonds is 5. The zero-order chi connectivity index (χ0) is 20.5. The number of esters is 1. The van der Waals surface area contributed by atoms with Crippen molar-refractivity contribution in [2.24, 2.45) is 5.92 Å². The highest BCUT2D eigenvalue weighted by molar-refractivity contribution is 7.89. The molecule has 1 aromatic rings. The third kappa shape index (κ3) is 3.73. The second kappa shape index (κ2) is 8.08. The summed E-state index contributed by atoms with van der Waals surface area (Å²) in [5, 5.41) is 0. The molecule has 9 heteroatoms. The molecule has 0 radical (unpaired) electrons. The predicted molar refractivity (Wildman–Crippen MR) is 101 cm³/mol. The van der Waals surface area contributed by atoms with Gasteiger partial charge in [-0.05, 0) is 30.9 Å². The number of carbonyl (C=O) groups is 2. The molecular formula is C19H26N2O6S. The molecule has 3 rings (SSSR count). The number of piperidine rings is 1. The van der Waals surface area contributed by atoms with Crippen molar-refractivity contribution in [2.75, 3.05) is 26.8 Å². The van der Waals surface area contributed by atoms with Crippen molar-refractivity contribution in [1.82, 2.24) is 9.21 Å². The Labute approximate surface area is 165 Å². The lowest BCUT2D eigenvalue weighted by Crippen LogP contribution is -2.50. The second-order valence-electron chi connectivity index (χ2n) is 7.42. The zero-order valence-corrected chi connectivity index (χ0v) is 17.1. The molecule has 0 bridgehead atoms. The molecule has 1 aromatic carbocycles. The summed E-state index contributed by atoms with van der Waals surface area (Å²) in [4.78, 5) is 25.8. The van der Waals surface area contributed by atoms with Crippen molar-refractivity contribution in [3.8, 4) is 0 Å². The van der Waals surface area contributed by atoms with E-state index in [1.54, 1.807) is 17.0 Å². The van der Waals surface area contributed by atoms with E-state index in [-0.39, 0.29) is 47.6 Å². The van der Waals surface area contributed by atoms with Gasteiger partial charge in [0.05, 0.1) is 23.6 Å². The first kappa shape index (κ1) is 20.6. The van der Waals surface area contributed by atoms with E-state index >= 15 is 0 Å². The van der Waals surface area contributed by atoms with E-state index in [1.807, 2.05) is 13.8 Å². The maximum Gasteiger partial charge on any atom is 0.410 e. The number of benzene rings is 1. The maximum atomic E-state index is 13.1. The van der Waals surface area contributed by atoms with Crippen molar-refractivity contribution in [3.63, 3.8) is 0 Å². The standard InChI is InChI=1S/C19H26N2O6S/c1-13(2)16-12-27-19(23)21(16)14-8-10-20(11-9-14)28(24,25)17-7-5-4-6-15(17)18(22)26-3/h4-7,13-14,16H,8-12H2,1-3H3. The van der Waals surface area contributed by atoms with E-state index < -0.39 is 16.0 Å². The summed E-state index contributed by atoms with van der Waals surface area (Å²) in [7, 11) is -2.62. The van der Waals surface area contributed by atoms with Crippen LogP contribution in [0.3, 0.4) is 0 Å². The van der Waals surface area contributed by atoms with Crippen LogP contribution >= 0.6 is 0 Å². The fraction of sp³-hybridized carbons (Fsp3) is 0.579. The molecule has 1 amide bonds. The molecule has 0 aromatic heterocycles. The third-order valence-electron chi connectivity index (χ3n) is 5.44. The molecule has 0 aliphatic carbocycles. The normalized spacial score (nSPS) is 21.8. The summed E-state index contributed by atoms with van der Waals surface area (Å²) in [6.07, 6.45) is 0.728. The lowest BCUT2D eigenvalue weighted by Gasteiger charge is -2.38. The SMILES string of the molecule is COC(=O)c1ccccc1S(=O)(=O)N1CCC(N2C(=O)OCC2C(C)C)CC1. The van der Waals surface area contributed by atoms with E-state index in [2.05, 4.69) is 0 Å². The summed E-state index contributed by atoms with van der Waals surface area (Å²) in [5.74, 6) is -0.422. The van der Waals surface area contributed by atoms with Crippen LogP contribution in [0.25, 0.3) is 0 Å². The van der Waals surface area contributed by atoms with Crippen LogP contribution in [-0.2, 0) is 19.5 Å². The van der Waals surface area contributed by atoms with Crippen molar-refractivity contribution in [2.45, 2.75) is 43.7 Å². The molecule has 8 nitrogen and oxygen atoms in total. The van der Waals surface area contributed by atoms with Crippen molar-refractivity contribution in [3.05, 3.63) is 29.8 Å². The van der Waals surface area contributed by atoms with Gasteiger partial charge in [0.25, 0.3) is 0 Å². The van der Waals surface area contributed by atoms with Crippen molar-refractivity contribution in [1.29, 1.82) is 0 Å². The highest BCUT2D eigenvalue weighted by Gasteiger charge is 2.42. The van der Waals surface area contributed by atoms with Gasteiger partial charge in [0.2, 0.25) is 10.0 Å². The monoisotopic (exact) mass is 410 g/mol. The van der Waals surface area contributed by atoms with E-state index in [0.29, 0.717) is 19.4 Å². The van der Waals surface area contributed by atoms with Gasteiger partial charge in [-0.3, -0.25) is 4.90 Å². The summed E-state index contributed by atoms with van der Waals surface area (Å²) >= 11 is 0. The molecule has 2 saturated heterocycles. The van der Waals surface area contributed by atoms with Crippen molar-refractivity contribution < 1.29 is 27.5 Å². The molecule has 28 heavy (non-hydrogen) atoms. The minimum atomic E-state index is -3.84. The van der Waals surface area contributed by atoms with Gasteiger partial charge in [0.1, 0.15) is 6.61 Å². The average molecular weight is 410 g/mol. The molecule has 2 aliphatic rings. The van der Waals surface area contributed by atoms with Crippen LogP contribution in [0.4, 0.5) is 4.79 Å². The van der Waals surface area contributed by atoms with Gasteiger partial charge in [0, 0.05) is 19.1 Å². The lowest BCUT2D eigenvalue weighted by molar-refractivity contribution is 0.0595. The molecule has 0 N–H and O–H groups in total. The molecule has 0 saturated carbocycles. The van der Waals surface area contributed by atoms with Crippen LogP contribution in [0.1, 0.15) is 37.0 Å². The van der Waals surface area contributed by atoms with Crippen molar-refractivity contribution >= 4 is 22.1 Å². The number of carbonyl (C=O) groups excluding carboxylic acids is 2. The van der Waals surface area contributed by atoms with Gasteiger partial charge < -0.3 is 9.47 Å². The van der Waals surface area contributed by atoms with Crippen LogP contribution in [0.5, 0.6) is 0 Å². The third-order valence-corrected chi connectivity index (χ3v) is 7.40. The highest BCUT2D eigenvalue weighted by atomic mass is 32.2. The molecular weight excluding hydrogens is 384 g/mol. The Bertz CT molecular complexity index is 846. The summed E-state index contributed by atoms with van der Waals surface area (Å²) < 4.78 is 37.5. The summed E-state index contributed by atoms with van der Waals surface area (Å²) in [6, 6.07) is 6.01. The fourth-order valence-electron chi connectivity index (χ4n) is 3.85. The predicted octanol–water partition coefficient (Wildman–Crippen LogP) is 2.10. The molecule has 154 valence electrons. The first-order valence-corrected chi connectivity index (χ1v) is 10.8. The minimum absolute atomic E-state index is 0.0145. The van der Waals surface area contributed by atoms with Gasteiger partial charge in [-0.15, -0.1) is 0 Å².